The van der Waals surface area contributed by atoms with Crippen molar-refractivity contribution in [3.63, 3.8) is 0 Å². The Kier molecular flexibility index (Phi) is 5.21. The fourth-order valence-corrected chi connectivity index (χ4v) is 2.60. The molecule has 0 aliphatic carbocycles. The molecule has 2 N–H and O–H groups in total. The van der Waals surface area contributed by atoms with Gasteiger partial charge < -0.3 is 10.1 Å². The molecule has 0 aromatic heterocycles. The summed E-state index contributed by atoms with van der Waals surface area (Å²) in [4.78, 5) is 9.77. The van der Waals surface area contributed by atoms with Crippen molar-refractivity contribution in [3.05, 3.63) is 28.3 Å². The van der Waals surface area contributed by atoms with E-state index in [2.05, 4.69) is 10.0 Å². The van der Waals surface area contributed by atoms with Crippen molar-refractivity contribution >= 4 is 15.7 Å². The Morgan fingerprint density at radius 1 is 1.37 bits per heavy atom. The summed E-state index contributed by atoms with van der Waals surface area (Å²) in [7, 11) is -0.869. The summed E-state index contributed by atoms with van der Waals surface area (Å²) >= 11 is 0. The van der Waals surface area contributed by atoms with Crippen LogP contribution in [0.3, 0.4) is 0 Å². The van der Waals surface area contributed by atoms with Crippen molar-refractivity contribution in [3.8, 4) is 5.75 Å². The van der Waals surface area contributed by atoms with E-state index in [0.29, 0.717) is 6.54 Å². The molecule has 9 heteroatoms. The van der Waals surface area contributed by atoms with Crippen molar-refractivity contribution in [1.82, 2.24) is 10.0 Å². The van der Waals surface area contributed by atoms with Gasteiger partial charge in [0.1, 0.15) is 10.6 Å². The average Bonchev–Trinajstić information content (AvgIpc) is 2.38. The minimum absolute atomic E-state index is 0.0579. The summed E-state index contributed by atoms with van der Waals surface area (Å²) in [6.07, 6.45) is 0. The summed E-state index contributed by atoms with van der Waals surface area (Å²) in [6, 6.07) is 3.41. The number of likely N-dealkylation sites (N-methyl/N-ethyl adjacent to an activating group) is 1. The van der Waals surface area contributed by atoms with E-state index in [1.165, 1.54) is 19.2 Å². The van der Waals surface area contributed by atoms with Crippen molar-refractivity contribution in [2.24, 2.45) is 0 Å². The second kappa shape index (κ2) is 6.45. The summed E-state index contributed by atoms with van der Waals surface area (Å²) in [5.41, 5.74) is -0.310. The molecule has 0 radical (unpaired) electrons. The molecule has 0 unspecified atom stereocenters. The molecule has 0 saturated carbocycles. The number of rotatable bonds is 7. The van der Waals surface area contributed by atoms with Crippen LogP contribution < -0.4 is 14.8 Å². The van der Waals surface area contributed by atoms with Crippen LogP contribution in [0.1, 0.15) is 0 Å². The Balaban J connectivity index is 3.15. The van der Waals surface area contributed by atoms with Gasteiger partial charge in [-0.25, -0.2) is 13.1 Å². The Bertz CT molecular complexity index is 558. The lowest BCUT2D eigenvalue weighted by Crippen LogP contribution is -2.30. The minimum atomic E-state index is -3.85. The van der Waals surface area contributed by atoms with Gasteiger partial charge in [0.2, 0.25) is 10.0 Å². The largest absolute Gasteiger partial charge is 0.495 e. The number of hydrogen-bond acceptors (Lipinski definition) is 6. The van der Waals surface area contributed by atoms with Gasteiger partial charge in [-0.15, -0.1) is 0 Å². The second-order valence-electron chi connectivity index (χ2n) is 3.59. The first kappa shape index (κ1) is 15.3. The van der Waals surface area contributed by atoms with Crippen LogP contribution in [0.15, 0.2) is 23.1 Å². The first-order valence-corrected chi connectivity index (χ1v) is 6.87. The van der Waals surface area contributed by atoms with Crippen LogP contribution in [0.4, 0.5) is 5.69 Å². The maximum absolute atomic E-state index is 12.0. The van der Waals surface area contributed by atoms with Crippen LogP contribution >= 0.6 is 0 Å². The lowest BCUT2D eigenvalue weighted by atomic mass is 10.3. The van der Waals surface area contributed by atoms with Gasteiger partial charge >= 0.3 is 0 Å². The topological polar surface area (TPSA) is 111 Å². The number of sulfonamides is 1. The number of nitrogens with one attached hydrogen (secondary N) is 2. The minimum Gasteiger partial charge on any atom is -0.495 e. The normalized spacial score (nSPS) is 11.3. The second-order valence-corrected chi connectivity index (χ2v) is 5.33. The quantitative estimate of drug-likeness (QED) is 0.418. The molecule has 0 atom stereocenters. The zero-order chi connectivity index (χ0) is 14.5. The highest BCUT2D eigenvalue weighted by Gasteiger charge is 2.22. The van der Waals surface area contributed by atoms with E-state index in [4.69, 9.17) is 4.74 Å². The molecule has 1 aromatic rings. The number of nitro groups is 1. The van der Waals surface area contributed by atoms with Crippen LogP contribution in [0.2, 0.25) is 0 Å². The predicted molar refractivity (Wildman–Crippen MR) is 68.8 cm³/mol. The van der Waals surface area contributed by atoms with Gasteiger partial charge in [-0.1, -0.05) is 0 Å². The highest BCUT2D eigenvalue weighted by Crippen LogP contribution is 2.27. The molecule has 0 bridgehead atoms. The average molecular weight is 289 g/mol. The Morgan fingerprint density at radius 2 is 2.05 bits per heavy atom. The number of hydrogen-bond donors (Lipinski definition) is 2. The number of ether oxygens (including phenoxy) is 1. The van der Waals surface area contributed by atoms with Crippen LogP contribution in [0.5, 0.6) is 5.75 Å². The molecule has 8 nitrogen and oxygen atoms in total. The third-order valence-corrected chi connectivity index (χ3v) is 3.80. The van der Waals surface area contributed by atoms with Crippen LogP contribution in [-0.4, -0.2) is 40.6 Å². The molecule has 1 rings (SSSR count). The van der Waals surface area contributed by atoms with Gasteiger partial charge in [-0.2, -0.15) is 0 Å². The van der Waals surface area contributed by atoms with Gasteiger partial charge in [-0.3, -0.25) is 10.1 Å². The third-order valence-electron chi connectivity index (χ3n) is 2.31. The SMILES string of the molecule is CNCCNS(=O)(=O)c1cc([N+](=O)[O-])ccc1OC. The smallest absolute Gasteiger partial charge is 0.271 e. The van der Waals surface area contributed by atoms with Crippen LogP contribution in [0.25, 0.3) is 0 Å². The molecule has 0 aliphatic heterocycles. The third kappa shape index (κ3) is 3.88. The van der Waals surface area contributed by atoms with E-state index in [1.54, 1.807) is 7.05 Å². The van der Waals surface area contributed by atoms with Gasteiger partial charge in [-0.05, 0) is 13.1 Å². The van der Waals surface area contributed by atoms with E-state index < -0.39 is 14.9 Å². The van der Waals surface area contributed by atoms with Gasteiger partial charge in [0.15, 0.2) is 0 Å². The monoisotopic (exact) mass is 289 g/mol. The lowest BCUT2D eigenvalue weighted by molar-refractivity contribution is -0.385. The first-order valence-electron chi connectivity index (χ1n) is 5.39. The molecule has 0 saturated heterocycles. The van der Waals surface area contributed by atoms with Gasteiger partial charge in [0.25, 0.3) is 5.69 Å². The first-order chi connectivity index (χ1) is 8.92. The zero-order valence-electron chi connectivity index (χ0n) is 10.5. The molecule has 0 fully saturated rings. The Hall–Kier alpha value is -1.71. The molecule has 0 heterocycles. The molecule has 19 heavy (non-hydrogen) atoms. The van der Waals surface area contributed by atoms with Gasteiger partial charge in [0.05, 0.1) is 12.0 Å². The standard InChI is InChI=1S/C10H15N3O5S/c1-11-5-6-12-19(16,17)10-7-8(13(14)15)3-4-9(10)18-2/h3-4,7,11-12H,5-6H2,1-2H3. The molecule has 0 spiro atoms. The van der Waals surface area contributed by atoms with Crippen molar-refractivity contribution < 1.29 is 18.1 Å². The van der Waals surface area contributed by atoms with Crippen molar-refractivity contribution in [1.29, 1.82) is 0 Å². The summed E-state index contributed by atoms with van der Waals surface area (Å²) in [5, 5.41) is 13.5. The van der Waals surface area contributed by atoms with E-state index in [0.717, 1.165) is 6.07 Å². The highest BCUT2D eigenvalue weighted by atomic mass is 32.2. The molecular formula is C10H15N3O5S. The number of benzene rings is 1. The maximum atomic E-state index is 12.0. The Labute approximate surface area is 111 Å². The molecule has 1 aromatic carbocycles. The predicted octanol–water partition coefficient (Wildman–Crippen LogP) is 0.101. The Morgan fingerprint density at radius 3 is 2.58 bits per heavy atom. The molecule has 0 aliphatic rings. The number of nitro benzene ring substituents is 1. The van der Waals surface area contributed by atoms with E-state index in [1.807, 2.05) is 0 Å². The van der Waals surface area contributed by atoms with E-state index >= 15 is 0 Å². The fraction of sp³-hybridized carbons (Fsp3) is 0.400. The van der Waals surface area contributed by atoms with Crippen molar-refractivity contribution in [2.45, 2.75) is 4.90 Å². The van der Waals surface area contributed by atoms with Crippen LogP contribution in [0, 0.1) is 10.1 Å². The van der Waals surface area contributed by atoms with Gasteiger partial charge in [0, 0.05) is 25.2 Å². The summed E-state index contributed by atoms with van der Waals surface area (Å²) < 4.78 is 31.3. The highest BCUT2D eigenvalue weighted by molar-refractivity contribution is 7.89. The molecule has 106 valence electrons. The summed E-state index contributed by atoms with van der Waals surface area (Å²) in [5.74, 6) is 0.0579. The zero-order valence-corrected chi connectivity index (χ0v) is 11.4. The molecule has 0 amide bonds. The number of nitrogens with zero attached hydrogens (tertiary/aromatic N) is 1. The summed E-state index contributed by atoms with van der Waals surface area (Å²) in [6.45, 7) is 0.612. The maximum Gasteiger partial charge on any atom is 0.271 e. The number of non-ortho nitro benzene ring substituents is 1. The molecular weight excluding hydrogens is 274 g/mol. The van der Waals surface area contributed by atoms with E-state index in [-0.39, 0.29) is 22.9 Å². The fourth-order valence-electron chi connectivity index (χ4n) is 1.38. The van der Waals surface area contributed by atoms with Crippen LogP contribution in [-0.2, 0) is 10.0 Å². The van der Waals surface area contributed by atoms with Crippen molar-refractivity contribution in [2.75, 3.05) is 27.2 Å². The van der Waals surface area contributed by atoms with E-state index in [9.17, 15) is 18.5 Å². The number of methoxy groups -OCH3 is 1. The lowest BCUT2D eigenvalue weighted by Gasteiger charge is -2.10.